The third-order valence-electron chi connectivity index (χ3n) is 2.17. The molecule has 0 bridgehead atoms. The van der Waals surface area contributed by atoms with E-state index in [0.717, 1.165) is 0 Å². The van der Waals surface area contributed by atoms with Gasteiger partial charge in [0.05, 0.1) is 6.61 Å². The molecular formula is C10H11N3O3. The lowest BCUT2D eigenvalue weighted by Gasteiger charge is -1.94. The van der Waals surface area contributed by atoms with Crippen LogP contribution in [0.4, 0.5) is 0 Å². The maximum Gasteiger partial charge on any atom is 0.339 e. The Kier molecular flexibility index (Phi) is 2.82. The second kappa shape index (κ2) is 4.28. The molecule has 0 aliphatic carbocycles. The topological polar surface area (TPSA) is 76.7 Å². The van der Waals surface area contributed by atoms with Crippen molar-refractivity contribution in [3.63, 3.8) is 0 Å². The first-order chi connectivity index (χ1) is 7.72. The quantitative estimate of drug-likeness (QED) is 0.818. The second-order valence-electron chi connectivity index (χ2n) is 3.27. The number of nitrogens with zero attached hydrogens (tertiary/aromatic N) is 3. The lowest BCUT2D eigenvalue weighted by Crippen LogP contribution is -2.00. The summed E-state index contributed by atoms with van der Waals surface area (Å²) in [6.07, 6.45) is 2.24. The van der Waals surface area contributed by atoms with Crippen LogP contribution >= 0.6 is 0 Å². The summed E-state index contributed by atoms with van der Waals surface area (Å²) in [4.78, 5) is 15.1. The van der Waals surface area contributed by atoms with Gasteiger partial charge >= 0.3 is 5.97 Å². The Balaban J connectivity index is 2.44. The van der Waals surface area contributed by atoms with Crippen molar-refractivity contribution in [1.29, 1.82) is 0 Å². The fraction of sp³-hybridized carbons (Fsp3) is 0.300. The molecule has 1 N–H and O–H groups in total. The molecular weight excluding hydrogens is 210 g/mol. The van der Waals surface area contributed by atoms with Crippen LogP contribution in [0.3, 0.4) is 0 Å². The summed E-state index contributed by atoms with van der Waals surface area (Å²) in [5.74, 6) is -0.424. The van der Waals surface area contributed by atoms with Gasteiger partial charge in [0, 0.05) is 19.7 Å². The number of carbonyl (C=O) groups is 1. The first-order valence-electron chi connectivity index (χ1n) is 4.79. The fourth-order valence-corrected chi connectivity index (χ4v) is 1.42. The van der Waals surface area contributed by atoms with E-state index >= 15 is 0 Å². The lowest BCUT2D eigenvalue weighted by molar-refractivity contribution is 0.0698. The Hall–Kier alpha value is -1.95. The summed E-state index contributed by atoms with van der Waals surface area (Å²) in [6.45, 7) is 0.513. The van der Waals surface area contributed by atoms with Gasteiger partial charge in [-0.05, 0) is 12.1 Å². The van der Waals surface area contributed by atoms with Crippen molar-refractivity contribution >= 4 is 11.6 Å². The number of fused-ring (bicyclic) bond motifs is 1. The molecule has 2 aromatic rings. The maximum absolute atomic E-state index is 10.9. The zero-order chi connectivity index (χ0) is 11.5. The minimum absolute atomic E-state index is 0.152. The van der Waals surface area contributed by atoms with Gasteiger partial charge in [0.15, 0.2) is 11.5 Å². The molecule has 2 aromatic heterocycles. The largest absolute Gasteiger partial charge is 0.478 e. The van der Waals surface area contributed by atoms with Crippen molar-refractivity contribution in [1.82, 2.24) is 14.6 Å². The number of hydrogen-bond acceptors (Lipinski definition) is 4. The van der Waals surface area contributed by atoms with E-state index in [1.54, 1.807) is 19.4 Å². The third-order valence-corrected chi connectivity index (χ3v) is 2.17. The normalized spacial score (nSPS) is 10.8. The average molecular weight is 221 g/mol. The van der Waals surface area contributed by atoms with E-state index in [4.69, 9.17) is 9.84 Å². The molecule has 0 atom stereocenters. The van der Waals surface area contributed by atoms with Crippen LogP contribution < -0.4 is 0 Å². The minimum Gasteiger partial charge on any atom is -0.478 e. The summed E-state index contributed by atoms with van der Waals surface area (Å²) in [5, 5.41) is 13.1. The number of aromatic carboxylic acids is 1. The number of rotatable bonds is 4. The Morgan fingerprint density at radius 2 is 2.44 bits per heavy atom. The number of ether oxygens (including phenoxy) is 1. The smallest absolute Gasteiger partial charge is 0.339 e. The van der Waals surface area contributed by atoms with Gasteiger partial charge in [0.2, 0.25) is 0 Å². The first-order valence-corrected chi connectivity index (χ1v) is 4.79. The number of carboxylic acid groups (broad SMARTS) is 1. The minimum atomic E-state index is -1.00. The molecule has 0 saturated heterocycles. The molecule has 0 radical (unpaired) electrons. The Morgan fingerprint density at radius 3 is 3.12 bits per heavy atom. The highest BCUT2D eigenvalue weighted by molar-refractivity contribution is 5.94. The summed E-state index contributed by atoms with van der Waals surface area (Å²) in [5.41, 5.74) is 0.514. The summed E-state index contributed by atoms with van der Waals surface area (Å²) < 4.78 is 6.38. The van der Waals surface area contributed by atoms with E-state index in [2.05, 4.69) is 10.1 Å². The van der Waals surface area contributed by atoms with Crippen LogP contribution in [-0.2, 0) is 11.2 Å². The highest BCUT2D eigenvalue weighted by Crippen LogP contribution is 2.09. The van der Waals surface area contributed by atoms with Crippen LogP contribution in [0.25, 0.3) is 5.65 Å². The highest BCUT2D eigenvalue weighted by atomic mass is 16.5. The molecule has 0 spiro atoms. The molecule has 2 rings (SSSR count). The van der Waals surface area contributed by atoms with E-state index in [1.165, 1.54) is 10.6 Å². The molecule has 6 heteroatoms. The molecule has 6 nitrogen and oxygen atoms in total. The number of hydrogen-bond donors (Lipinski definition) is 1. The van der Waals surface area contributed by atoms with Gasteiger partial charge in [-0.1, -0.05) is 0 Å². The van der Waals surface area contributed by atoms with Crippen LogP contribution in [0.15, 0.2) is 18.3 Å². The molecule has 2 heterocycles. The summed E-state index contributed by atoms with van der Waals surface area (Å²) in [6, 6.07) is 3.14. The van der Waals surface area contributed by atoms with E-state index in [1.807, 2.05) is 0 Å². The number of carboxylic acids is 1. The van der Waals surface area contributed by atoms with Crippen molar-refractivity contribution in [2.24, 2.45) is 0 Å². The first kappa shape index (κ1) is 10.6. The molecule has 0 unspecified atom stereocenters. The molecule has 16 heavy (non-hydrogen) atoms. The second-order valence-corrected chi connectivity index (χ2v) is 3.27. The third kappa shape index (κ3) is 1.87. The monoisotopic (exact) mass is 221 g/mol. The summed E-state index contributed by atoms with van der Waals surface area (Å²) in [7, 11) is 1.60. The predicted octanol–water partition coefficient (Wildman–Crippen LogP) is 0.616. The van der Waals surface area contributed by atoms with Gasteiger partial charge < -0.3 is 9.84 Å². The molecule has 0 aliphatic heterocycles. The standard InChI is InChI=1S/C10H11N3O3/c1-16-6-4-8-11-9-7(10(14)15)3-2-5-13(9)12-8/h2-3,5H,4,6H2,1H3,(H,14,15). The Morgan fingerprint density at radius 1 is 1.62 bits per heavy atom. The zero-order valence-corrected chi connectivity index (χ0v) is 8.75. The Bertz CT molecular complexity index is 521. The average Bonchev–Trinajstić information content (AvgIpc) is 2.68. The van der Waals surface area contributed by atoms with E-state index in [0.29, 0.717) is 24.5 Å². The van der Waals surface area contributed by atoms with Crippen molar-refractivity contribution in [3.05, 3.63) is 29.7 Å². The SMILES string of the molecule is COCCc1nc2c(C(=O)O)cccn2n1. The van der Waals surface area contributed by atoms with Gasteiger partial charge in [-0.25, -0.2) is 14.3 Å². The number of methoxy groups -OCH3 is 1. The van der Waals surface area contributed by atoms with Gasteiger partial charge in [0.1, 0.15) is 5.56 Å². The maximum atomic E-state index is 10.9. The van der Waals surface area contributed by atoms with Gasteiger partial charge in [-0.15, -0.1) is 0 Å². The van der Waals surface area contributed by atoms with E-state index in [9.17, 15) is 4.79 Å². The van der Waals surface area contributed by atoms with Crippen LogP contribution in [0.1, 0.15) is 16.2 Å². The van der Waals surface area contributed by atoms with Crippen molar-refractivity contribution in [2.75, 3.05) is 13.7 Å². The molecule has 0 saturated carbocycles. The van der Waals surface area contributed by atoms with Gasteiger partial charge in [0.25, 0.3) is 0 Å². The molecule has 0 aliphatic rings. The van der Waals surface area contributed by atoms with Gasteiger partial charge in [-0.3, -0.25) is 0 Å². The highest BCUT2D eigenvalue weighted by Gasteiger charge is 2.12. The van der Waals surface area contributed by atoms with Crippen LogP contribution in [0, 0.1) is 0 Å². The predicted molar refractivity (Wildman–Crippen MR) is 55.5 cm³/mol. The summed E-state index contributed by atoms with van der Waals surface area (Å²) >= 11 is 0. The van der Waals surface area contributed by atoms with Crippen molar-refractivity contribution < 1.29 is 14.6 Å². The van der Waals surface area contributed by atoms with Gasteiger partial charge in [-0.2, -0.15) is 5.10 Å². The molecule has 0 fully saturated rings. The van der Waals surface area contributed by atoms with Crippen molar-refractivity contribution in [2.45, 2.75) is 6.42 Å². The Labute approximate surface area is 91.5 Å². The van der Waals surface area contributed by atoms with E-state index in [-0.39, 0.29) is 5.56 Å². The van der Waals surface area contributed by atoms with Crippen LogP contribution in [0.2, 0.25) is 0 Å². The van der Waals surface area contributed by atoms with Crippen LogP contribution in [-0.4, -0.2) is 39.4 Å². The van der Waals surface area contributed by atoms with Crippen LogP contribution in [0.5, 0.6) is 0 Å². The number of pyridine rings is 1. The fourth-order valence-electron chi connectivity index (χ4n) is 1.42. The lowest BCUT2D eigenvalue weighted by atomic mass is 10.3. The molecule has 0 amide bonds. The molecule has 84 valence electrons. The zero-order valence-electron chi connectivity index (χ0n) is 8.75. The number of aromatic nitrogens is 3. The molecule has 0 aromatic carbocycles. The van der Waals surface area contributed by atoms with E-state index < -0.39 is 5.97 Å². The van der Waals surface area contributed by atoms with Crippen molar-refractivity contribution in [3.8, 4) is 0 Å².